The molecule has 1 aliphatic rings. The number of hydrogen-bond acceptors (Lipinski definition) is 7. The Morgan fingerprint density at radius 2 is 1.96 bits per heavy atom. The van der Waals surface area contributed by atoms with Crippen molar-refractivity contribution < 1.29 is 10.2 Å². The second-order valence-corrected chi connectivity index (χ2v) is 6.99. The van der Waals surface area contributed by atoms with Crippen LogP contribution in [0.3, 0.4) is 0 Å². The van der Waals surface area contributed by atoms with Crippen LogP contribution < -0.4 is 10.6 Å². The molecule has 0 fully saturated rings. The van der Waals surface area contributed by atoms with Crippen molar-refractivity contribution in [2.24, 2.45) is 0 Å². The molecule has 0 unspecified atom stereocenters. The van der Waals surface area contributed by atoms with Gasteiger partial charge in [-0.05, 0) is 24.3 Å². The van der Waals surface area contributed by atoms with Crippen LogP contribution in [0.2, 0.25) is 0 Å². The first-order valence-corrected chi connectivity index (χ1v) is 9.48. The number of pyridine rings is 1. The van der Waals surface area contributed by atoms with E-state index in [-0.39, 0.29) is 13.2 Å². The van der Waals surface area contributed by atoms with Crippen LogP contribution in [-0.2, 0) is 6.54 Å². The van der Waals surface area contributed by atoms with Crippen LogP contribution in [-0.4, -0.2) is 57.8 Å². The fourth-order valence-corrected chi connectivity index (χ4v) is 4.31. The number of aliphatic hydroxyl groups is 2. The van der Waals surface area contributed by atoms with E-state index in [4.69, 9.17) is 15.3 Å². The summed E-state index contributed by atoms with van der Waals surface area (Å²) in [4.78, 5) is 5.62. The van der Waals surface area contributed by atoms with E-state index in [0.717, 1.165) is 50.9 Å². The second-order valence-electron chi connectivity index (χ2n) is 5.99. The van der Waals surface area contributed by atoms with Gasteiger partial charge in [0.1, 0.15) is 10.7 Å². The van der Waals surface area contributed by atoms with E-state index in [1.807, 2.05) is 16.8 Å². The second kappa shape index (κ2) is 7.63. The Morgan fingerprint density at radius 3 is 2.81 bits per heavy atom. The molecule has 26 heavy (non-hydrogen) atoms. The minimum atomic E-state index is 0.0830. The summed E-state index contributed by atoms with van der Waals surface area (Å²) in [5, 5.41) is 31.5. The zero-order chi connectivity index (χ0) is 17.9. The molecular weight excluding hydrogens is 350 g/mol. The number of benzene rings is 1. The first-order valence-electron chi connectivity index (χ1n) is 8.66. The van der Waals surface area contributed by atoms with Crippen molar-refractivity contribution in [2.75, 3.05) is 38.2 Å². The third-order valence-electron chi connectivity index (χ3n) is 4.31. The minimum Gasteiger partial charge on any atom is -0.395 e. The van der Waals surface area contributed by atoms with Gasteiger partial charge in [-0.15, -0.1) is 0 Å². The average molecular weight is 371 g/mol. The van der Waals surface area contributed by atoms with E-state index in [9.17, 15) is 0 Å². The molecule has 0 amide bonds. The lowest BCUT2D eigenvalue weighted by Gasteiger charge is -2.17. The molecule has 4 rings (SSSR count). The zero-order valence-corrected chi connectivity index (χ0v) is 15.1. The predicted octanol–water partition coefficient (Wildman–Crippen LogP) is 1.55. The molecule has 0 aliphatic carbocycles. The molecule has 4 N–H and O–H groups in total. The number of aliphatic hydroxyl groups excluding tert-OH is 2. The van der Waals surface area contributed by atoms with Crippen LogP contribution in [0.5, 0.6) is 0 Å². The van der Waals surface area contributed by atoms with E-state index in [1.165, 1.54) is 0 Å². The highest BCUT2D eigenvalue weighted by Gasteiger charge is 2.26. The maximum atomic E-state index is 9.15. The van der Waals surface area contributed by atoms with Crippen molar-refractivity contribution in [3.8, 4) is 11.3 Å². The largest absolute Gasteiger partial charge is 0.395 e. The van der Waals surface area contributed by atoms with Crippen LogP contribution in [0.1, 0.15) is 0 Å². The van der Waals surface area contributed by atoms with Gasteiger partial charge in [-0.2, -0.15) is 5.10 Å². The van der Waals surface area contributed by atoms with Gasteiger partial charge in [0.05, 0.1) is 25.3 Å². The molecule has 0 spiro atoms. The summed E-state index contributed by atoms with van der Waals surface area (Å²) in [6, 6.07) is 8.11. The summed E-state index contributed by atoms with van der Waals surface area (Å²) in [7, 11) is 0. The van der Waals surface area contributed by atoms with Gasteiger partial charge in [0.2, 0.25) is 0 Å². The Balaban J connectivity index is 1.80. The van der Waals surface area contributed by atoms with E-state index in [2.05, 4.69) is 27.8 Å². The van der Waals surface area contributed by atoms with E-state index >= 15 is 0 Å². The standard InChI is InChI=1S/C18H21N5O2S/c24-10-7-19-6-9-23-14-4-3-13(20-8-11-25)17-15(14)16(22-23)12-2-1-5-21-18(12)26-17/h1-5,19-20,24-25H,6-11H2. The van der Waals surface area contributed by atoms with Crippen molar-refractivity contribution in [3.05, 3.63) is 30.5 Å². The quantitative estimate of drug-likeness (QED) is 0.349. The first kappa shape index (κ1) is 17.3. The average Bonchev–Trinajstić information content (AvgIpc) is 3.05. The van der Waals surface area contributed by atoms with Crippen molar-refractivity contribution in [1.29, 1.82) is 0 Å². The molecule has 1 aromatic carbocycles. The predicted molar refractivity (Wildman–Crippen MR) is 103 cm³/mol. The number of anilines is 1. The van der Waals surface area contributed by atoms with Crippen molar-refractivity contribution in [3.63, 3.8) is 0 Å². The fraction of sp³-hybridized carbons (Fsp3) is 0.333. The summed E-state index contributed by atoms with van der Waals surface area (Å²) in [6.45, 7) is 2.76. The molecule has 3 aromatic rings. The van der Waals surface area contributed by atoms with Crippen molar-refractivity contribution >= 4 is 28.4 Å². The molecule has 8 heteroatoms. The molecule has 1 aliphatic heterocycles. The molecule has 0 bridgehead atoms. The Bertz CT molecular complexity index is 927. The highest BCUT2D eigenvalue weighted by Crippen LogP contribution is 2.49. The smallest absolute Gasteiger partial charge is 0.110 e. The lowest BCUT2D eigenvalue weighted by molar-refractivity contribution is 0.291. The summed E-state index contributed by atoms with van der Waals surface area (Å²) >= 11 is 1.64. The molecule has 0 radical (unpaired) electrons. The lowest BCUT2D eigenvalue weighted by Crippen LogP contribution is -2.23. The topological polar surface area (TPSA) is 95.2 Å². The molecule has 7 nitrogen and oxygen atoms in total. The number of hydrogen-bond donors (Lipinski definition) is 4. The summed E-state index contributed by atoms with van der Waals surface area (Å²) in [5.74, 6) is 0. The normalized spacial score (nSPS) is 12.4. The van der Waals surface area contributed by atoms with Crippen molar-refractivity contribution in [1.82, 2.24) is 20.1 Å². The fourth-order valence-electron chi connectivity index (χ4n) is 3.17. The third kappa shape index (κ3) is 3.05. The molecule has 0 saturated carbocycles. The van der Waals surface area contributed by atoms with Gasteiger partial charge in [-0.1, -0.05) is 11.8 Å². The number of rotatable bonds is 8. The molecule has 0 atom stereocenters. The van der Waals surface area contributed by atoms with Crippen LogP contribution >= 0.6 is 11.8 Å². The number of aromatic nitrogens is 3. The first-order chi connectivity index (χ1) is 12.8. The molecule has 136 valence electrons. The van der Waals surface area contributed by atoms with Gasteiger partial charge >= 0.3 is 0 Å². The number of nitrogens with zero attached hydrogens (tertiary/aromatic N) is 3. The van der Waals surface area contributed by atoms with Gasteiger partial charge in [0, 0.05) is 47.4 Å². The van der Waals surface area contributed by atoms with E-state index < -0.39 is 0 Å². The maximum Gasteiger partial charge on any atom is 0.110 e. The van der Waals surface area contributed by atoms with Crippen LogP contribution in [0.15, 0.2) is 40.4 Å². The maximum absolute atomic E-state index is 9.15. The van der Waals surface area contributed by atoms with Crippen LogP contribution in [0.4, 0.5) is 5.69 Å². The molecule has 2 aromatic heterocycles. The van der Waals surface area contributed by atoms with Gasteiger partial charge in [-0.3, -0.25) is 4.68 Å². The van der Waals surface area contributed by atoms with Crippen LogP contribution in [0, 0.1) is 0 Å². The monoisotopic (exact) mass is 371 g/mol. The van der Waals surface area contributed by atoms with Crippen molar-refractivity contribution in [2.45, 2.75) is 16.5 Å². The summed E-state index contributed by atoms with van der Waals surface area (Å²) in [6.07, 6.45) is 1.80. The highest BCUT2D eigenvalue weighted by molar-refractivity contribution is 7.99. The van der Waals surface area contributed by atoms with Gasteiger partial charge in [0.15, 0.2) is 0 Å². The van der Waals surface area contributed by atoms with E-state index in [0.29, 0.717) is 13.1 Å². The van der Waals surface area contributed by atoms with E-state index in [1.54, 1.807) is 18.0 Å². The Kier molecular flexibility index (Phi) is 5.07. The Hall–Kier alpha value is -2.13. The van der Waals surface area contributed by atoms with Crippen LogP contribution in [0.25, 0.3) is 22.2 Å². The van der Waals surface area contributed by atoms with Gasteiger partial charge in [-0.25, -0.2) is 4.98 Å². The highest BCUT2D eigenvalue weighted by atomic mass is 32.2. The Labute approximate surface area is 155 Å². The minimum absolute atomic E-state index is 0.0830. The molecular formula is C18H21N5O2S. The Morgan fingerprint density at radius 1 is 1.08 bits per heavy atom. The van der Waals surface area contributed by atoms with Gasteiger partial charge in [0.25, 0.3) is 0 Å². The zero-order valence-electron chi connectivity index (χ0n) is 14.3. The third-order valence-corrected chi connectivity index (χ3v) is 5.46. The number of nitrogens with one attached hydrogen (secondary N) is 2. The summed E-state index contributed by atoms with van der Waals surface area (Å²) in [5.41, 5.74) is 4.08. The summed E-state index contributed by atoms with van der Waals surface area (Å²) < 4.78 is 2.01. The van der Waals surface area contributed by atoms with Gasteiger partial charge < -0.3 is 20.8 Å². The molecule has 3 heterocycles. The number of fused-ring (bicyclic) bond motifs is 2. The SMILES string of the molecule is OCCNCCn1nc2c3c(c(NCCO)ccc31)Sc1ncccc1-2. The lowest BCUT2D eigenvalue weighted by atomic mass is 10.1. The molecule has 0 saturated heterocycles.